The molecule has 0 aliphatic carbocycles. The lowest BCUT2D eigenvalue weighted by Crippen LogP contribution is -2.47. The van der Waals surface area contributed by atoms with Crippen molar-refractivity contribution in [3.05, 3.63) is 57.8 Å². The summed E-state index contributed by atoms with van der Waals surface area (Å²) in [5.41, 5.74) is 0.0506. The van der Waals surface area contributed by atoms with Gasteiger partial charge in [0.15, 0.2) is 6.61 Å². The monoisotopic (exact) mass is 401 g/mol. The van der Waals surface area contributed by atoms with E-state index in [0.717, 1.165) is 6.42 Å². The Morgan fingerprint density at radius 3 is 2.18 bits per heavy atom. The van der Waals surface area contributed by atoms with Crippen molar-refractivity contribution in [3.63, 3.8) is 0 Å². The molecule has 5 nitrogen and oxygen atoms in total. The van der Waals surface area contributed by atoms with Gasteiger partial charge in [0, 0.05) is 11.1 Å². The van der Waals surface area contributed by atoms with E-state index in [0.29, 0.717) is 4.88 Å². The van der Waals surface area contributed by atoms with Crippen molar-refractivity contribution in [1.29, 1.82) is 0 Å². The number of ether oxygens (including phenoxy) is 1. The van der Waals surface area contributed by atoms with Gasteiger partial charge in [-0.1, -0.05) is 45.0 Å². The molecule has 0 unspecified atom stereocenters. The molecule has 1 N–H and O–H groups in total. The Morgan fingerprint density at radius 1 is 0.964 bits per heavy atom. The highest BCUT2D eigenvalue weighted by atomic mass is 32.1. The number of benzene rings is 1. The summed E-state index contributed by atoms with van der Waals surface area (Å²) in [7, 11) is 0. The van der Waals surface area contributed by atoms with Gasteiger partial charge in [-0.3, -0.25) is 9.59 Å². The van der Waals surface area contributed by atoms with E-state index in [-0.39, 0.29) is 28.2 Å². The number of carbonyl (C=O) groups is 3. The highest BCUT2D eigenvalue weighted by Crippen LogP contribution is 2.26. The van der Waals surface area contributed by atoms with Gasteiger partial charge >= 0.3 is 5.97 Å². The zero-order chi connectivity index (χ0) is 20.9. The number of rotatable bonds is 7. The minimum Gasteiger partial charge on any atom is -0.452 e. The summed E-state index contributed by atoms with van der Waals surface area (Å²) in [6, 6.07) is 9.96. The van der Waals surface area contributed by atoms with Crippen LogP contribution in [0.25, 0.3) is 0 Å². The second-order valence-electron chi connectivity index (χ2n) is 8.60. The first-order valence-electron chi connectivity index (χ1n) is 9.14. The van der Waals surface area contributed by atoms with Gasteiger partial charge in [0.2, 0.25) is 5.78 Å². The number of thiophene rings is 1. The van der Waals surface area contributed by atoms with Gasteiger partial charge in [-0.05, 0) is 43.2 Å². The van der Waals surface area contributed by atoms with E-state index in [1.54, 1.807) is 35.7 Å². The van der Waals surface area contributed by atoms with Crippen LogP contribution >= 0.6 is 11.3 Å². The van der Waals surface area contributed by atoms with Crippen molar-refractivity contribution < 1.29 is 19.1 Å². The maximum atomic E-state index is 12.6. The molecule has 0 bridgehead atoms. The summed E-state index contributed by atoms with van der Waals surface area (Å²) in [6.45, 7) is 9.78. The molecule has 2 aromatic rings. The van der Waals surface area contributed by atoms with Crippen LogP contribution in [0.15, 0.2) is 41.8 Å². The van der Waals surface area contributed by atoms with E-state index in [2.05, 4.69) is 26.1 Å². The summed E-state index contributed by atoms with van der Waals surface area (Å²) in [5.74, 6) is -1.30. The number of hydrogen-bond donors (Lipinski definition) is 1. The predicted octanol–water partition coefficient (Wildman–Crippen LogP) is 4.47. The molecular weight excluding hydrogens is 374 g/mol. The van der Waals surface area contributed by atoms with Crippen LogP contribution in [-0.2, 0) is 9.53 Å². The van der Waals surface area contributed by atoms with Crippen LogP contribution in [-0.4, -0.2) is 29.8 Å². The summed E-state index contributed by atoms with van der Waals surface area (Å²) in [4.78, 5) is 37.9. The van der Waals surface area contributed by atoms with Crippen molar-refractivity contribution >= 4 is 29.0 Å². The van der Waals surface area contributed by atoms with Crippen LogP contribution < -0.4 is 5.32 Å². The molecular formula is C22H27NO4S. The SMILES string of the molecule is CC(C)(C)CC(C)(C)NC(=O)COC(=O)c1ccccc1C(=O)c1cccs1. The van der Waals surface area contributed by atoms with Crippen LogP contribution in [0.5, 0.6) is 0 Å². The third kappa shape index (κ3) is 6.30. The van der Waals surface area contributed by atoms with E-state index in [1.807, 2.05) is 13.8 Å². The van der Waals surface area contributed by atoms with Gasteiger partial charge in [-0.25, -0.2) is 4.79 Å². The van der Waals surface area contributed by atoms with Gasteiger partial charge in [-0.15, -0.1) is 11.3 Å². The van der Waals surface area contributed by atoms with Gasteiger partial charge in [0.25, 0.3) is 5.91 Å². The molecule has 0 radical (unpaired) electrons. The predicted molar refractivity (Wildman–Crippen MR) is 111 cm³/mol. The number of ketones is 1. The first-order chi connectivity index (χ1) is 13.0. The van der Waals surface area contributed by atoms with E-state index in [9.17, 15) is 14.4 Å². The quantitative estimate of drug-likeness (QED) is 0.549. The maximum Gasteiger partial charge on any atom is 0.339 e. The second kappa shape index (κ2) is 8.69. The van der Waals surface area contributed by atoms with Crippen molar-refractivity contribution in [2.24, 2.45) is 5.41 Å². The second-order valence-corrected chi connectivity index (χ2v) is 9.55. The number of hydrogen-bond acceptors (Lipinski definition) is 5. The minimum atomic E-state index is -0.690. The standard InChI is InChI=1S/C22H27NO4S/c1-21(2,3)14-22(4,5)23-18(24)13-27-20(26)16-10-7-6-9-15(16)19(25)17-11-8-12-28-17/h6-12H,13-14H2,1-5H3,(H,23,24). The smallest absolute Gasteiger partial charge is 0.339 e. The van der Waals surface area contributed by atoms with Crippen LogP contribution in [0.1, 0.15) is 66.6 Å². The normalized spacial score (nSPS) is 11.8. The van der Waals surface area contributed by atoms with Crippen molar-refractivity contribution in [2.75, 3.05) is 6.61 Å². The van der Waals surface area contributed by atoms with E-state index < -0.39 is 18.1 Å². The number of esters is 1. The molecule has 0 fully saturated rings. The van der Waals surface area contributed by atoms with Crippen molar-refractivity contribution in [1.82, 2.24) is 5.32 Å². The van der Waals surface area contributed by atoms with Crippen molar-refractivity contribution in [2.45, 2.75) is 46.6 Å². The molecule has 0 saturated carbocycles. The molecule has 150 valence electrons. The van der Waals surface area contributed by atoms with Crippen molar-refractivity contribution in [3.8, 4) is 0 Å². The average molecular weight is 402 g/mol. The third-order valence-electron chi connectivity index (χ3n) is 3.92. The van der Waals surface area contributed by atoms with E-state index in [1.165, 1.54) is 17.4 Å². The zero-order valence-electron chi connectivity index (χ0n) is 17.0. The van der Waals surface area contributed by atoms with Crippen LogP contribution in [0.4, 0.5) is 0 Å². The fraction of sp³-hybridized carbons (Fsp3) is 0.409. The van der Waals surface area contributed by atoms with Gasteiger partial charge < -0.3 is 10.1 Å². The molecule has 28 heavy (non-hydrogen) atoms. The Bertz CT molecular complexity index is 848. The molecule has 6 heteroatoms. The van der Waals surface area contributed by atoms with Crippen LogP contribution in [0, 0.1) is 5.41 Å². The Kier molecular flexibility index (Phi) is 6.77. The minimum absolute atomic E-state index is 0.0501. The Morgan fingerprint density at radius 2 is 1.61 bits per heavy atom. The molecule has 1 amide bonds. The van der Waals surface area contributed by atoms with E-state index >= 15 is 0 Å². The Balaban J connectivity index is 2.02. The fourth-order valence-electron chi connectivity index (χ4n) is 3.39. The lowest BCUT2D eigenvalue weighted by molar-refractivity contribution is -0.126. The zero-order valence-corrected chi connectivity index (χ0v) is 17.8. The third-order valence-corrected chi connectivity index (χ3v) is 4.79. The van der Waals surface area contributed by atoms with Gasteiger partial charge in [-0.2, -0.15) is 0 Å². The number of amides is 1. The average Bonchev–Trinajstić information content (AvgIpc) is 3.11. The van der Waals surface area contributed by atoms with Crippen LogP contribution in [0.2, 0.25) is 0 Å². The largest absolute Gasteiger partial charge is 0.452 e. The number of carbonyl (C=O) groups excluding carboxylic acids is 3. The lowest BCUT2D eigenvalue weighted by Gasteiger charge is -2.33. The highest BCUT2D eigenvalue weighted by molar-refractivity contribution is 7.12. The molecule has 0 atom stereocenters. The molecule has 1 aromatic carbocycles. The molecule has 1 aromatic heterocycles. The molecule has 0 aliphatic heterocycles. The summed E-state index contributed by atoms with van der Waals surface area (Å²) >= 11 is 1.31. The summed E-state index contributed by atoms with van der Waals surface area (Å²) < 4.78 is 5.17. The van der Waals surface area contributed by atoms with E-state index in [4.69, 9.17) is 4.74 Å². The summed E-state index contributed by atoms with van der Waals surface area (Å²) in [5, 5.41) is 4.70. The summed E-state index contributed by atoms with van der Waals surface area (Å²) in [6.07, 6.45) is 0.776. The van der Waals surface area contributed by atoms with Gasteiger partial charge in [0.1, 0.15) is 0 Å². The molecule has 2 rings (SSSR count). The molecule has 0 saturated heterocycles. The lowest BCUT2D eigenvalue weighted by atomic mass is 9.82. The fourth-order valence-corrected chi connectivity index (χ4v) is 4.07. The highest BCUT2D eigenvalue weighted by Gasteiger charge is 2.27. The Labute approximate surface area is 170 Å². The topological polar surface area (TPSA) is 72.5 Å². The number of nitrogens with one attached hydrogen (secondary N) is 1. The maximum absolute atomic E-state index is 12.6. The van der Waals surface area contributed by atoms with Gasteiger partial charge in [0.05, 0.1) is 10.4 Å². The molecule has 0 spiro atoms. The first-order valence-corrected chi connectivity index (χ1v) is 10.0. The molecule has 1 heterocycles. The molecule has 0 aliphatic rings. The Hall–Kier alpha value is -2.47. The van der Waals surface area contributed by atoms with Crippen LogP contribution in [0.3, 0.4) is 0 Å². The first kappa shape index (κ1) is 21.8.